The van der Waals surface area contributed by atoms with E-state index in [0.29, 0.717) is 22.2 Å². The van der Waals surface area contributed by atoms with Crippen LogP contribution in [-0.2, 0) is 11.3 Å². The molecule has 0 saturated carbocycles. The lowest BCUT2D eigenvalue weighted by molar-refractivity contribution is -0.137. The molecule has 0 fully saturated rings. The van der Waals surface area contributed by atoms with Crippen LogP contribution in [0, 0.1) is 0 Å². The Morgan fingerprint density at radius 3 is 2.40 bits per heavy atom. The third-order valence-electron chi connectivity index (χ3n) is 5.30. The molecule has 0 atom stereocenters. The van der Waals surface area contributed by atoms with Gasteiger partial charge in [-0.25, -0.2) is 9.78 Å². The number of rotatable bonds is 4. The fraction of sp³-hybridized carbons (Fsp3) is 0.0417. The Morgan fingerprint density at radius 1 is 0.900 bits per heavy atom. The van der Waals surface area contributed by atoms with Crippen molar-refractivity contribution in [3.63, 3.8) is 0 Å². The first-order valence-corrected chi connectivity index (χ1v) is 9.39. The molecular formula is C24H16N2O4. The normalized spacial score (nSPS) is 11.3. The van der Waals surface area contributed by atoms with Crippen molar-refractivity contribution in [2.24, 2.45) is 0 Å². The molecule has 146 valence electrons. The molecule has 0 aliphatic rings. The Balaban J connectivity index is 1.84. The van der Waals surface area contributed by atoms with Crippen molar-refractivity contribution >= 4 is 44.5 Å². The number of hydrogen-bond donors (Lipinski definition) is 2. The third kappa shape index (κ3) is 2.78. The van der Waals surface area contributed by atoms with E-state index in [1.165, 1.54) is 0 Å². The number of para-hydroxylation sites is 1. The molecule has 0 saturated heterocycles. The molecule has 6 heteroatoms. The average Bonchev–Trinajstić information content (AvgIpc) is 3.10. The molecule has 6 nitrogen and oxygen atoms in total. The van der Waals surface area contributed by atoms with Crippen LogP contribution in [0.5, 0.6) is 0 Å². The second kappa shape index (κ2) is 6.70. The van der Waals surface area contributed by atoms with Gasteiger partial charge in [0.15, 0.2) is 0 Å². The summed E-state index contributed by atoms with van der Waals surface area (Å²) in [5, 5.41) is 22.4. The van der Waals surface area contributed by atoms with Crippen LogP contribution in [0.25, 0.3) is 43.8 Å². The van der Waals surface area contributed by atoms with Crippen LogP contribution in [0.4, 0.5) is 0 Å². The van der Waals surface area contributed by atoms with Gasteiger partial charge in [0.25, 0.3) is 0 Å². The second-order valence-corrected chi connectivity index (χ2v) is 7.12. The Hall–Kier alpha value is -4.19. The highest BCUT2D eigenvalue weighted by Gasteiger charge is 2.18. The van der Waals surface area contributed by atoms with Gasteiger partial charge in [-0.15, -0.1) is 0 Å². The molecule has 2 aromatic heterocycles. The van der Waals surface area contributed by atoms with E-state index in [0.717, 1.165) is 21.7 Å². The number of hydrogen-bond acceptors (Lipinski definition) is 3. The van der Waals surface area contributed by atoms with Gasteiger partial charge in [0.05, 0.1) is 16.8 Å². The molecule has 0 aliphatic carbocycles. The number of nitrogens with zero attached hydrogens (tertiary/aromatic N) is 2. The summed E-state index contributed by atoms with van der Waals surface area (Å²) in [5.41, 5.74) is 2.70. The highest BCUT2D eigenvalue weighted by molar-refractivity contribution is 6.16. The summed E-state index contributed by atoms with van der Waals surface area (Å²) in [7, 11) is 0. The summed E-state index contributed by atoms with van der Waals surface area (Å²) in [6.45, 7) is -0.190. The van der Waals surface area contributed by atoms with E-state index >= 15 is 0 Å². The van der Waals surface area contributed by atoms with Crippen molar-refractivity contribution < 1.29 is 19.8 Å². The number of aromatic nitrogens is 2. The van der Waals surface area contributed by atoms with Gasteiger partial charge in [0.1, 0.15) is 6.54 Å². The molecule has 2 N–H and O–H groups in total. The van der Waals surface area contributed by atoms with Crippen molar-refractivity contribution in [3.05, 3.63) is 78.5 Å². The van der Waals surface area contributed by atoms with Gasteiger partial charge in [-0.1, -0.05) is 48.5 Å². The van der Waals surface area contributed by atoms with Crippen LogP contribution in [0.2, 0.25) is 0 Å². The first-order chi connectivity index (χ1) is 14.5. The first kappa shape index (κ1) is 17.9. The van der Waals surface area contributed by atoms with E-state index in [1.807, 2.05) is 60.7 Å². The number of carboxylic acid groups (broad SMARTS) is 2. The van der Waals surface area contributed by atoms with Crippen LogP contribution in [0.15, 0.2) is 72.9 Å². The van der Waals surface area contributed by atoms with Crippen LogP contribution in [-0.4, -0.2) is 31.7 Å². The van der Waals surface area contributed by atoms with Crippen LogP contribution in [0.3, 0.4) is 0 Å². The molecule has 5 rings (SSSR count). The maximum absolute atomic E-state index is 12.1. The molecule has 0 spiro atoms. The van der Waals surface area contributed by atoms with Gasteiger partial charge < -0.3 is 14.8 Å². The standard InChI is InChI=1S/C24H16N2O4/c27-22(28)13-26-12-18(16-7-3-4-8-21(16)26)20-11-17(24(29)30)23-15-6-2-1-5-14(15)9-10-19(23)25-20/h1-12H,13H2,(H,27,28)(H,29,30). The second-order valence-electron chi connectivity index (χ2n) is 7.12. The molecule has 2 heterocycles. The van der Waals surface area contributed by atoms with Crippen molar-refractivity contribution in [2.75, 3.05) is 0 Å². The Labute approximate surface area is 170 Å². The monoisotopic (exact) mass is 396 g/mol. The number of fused-ring (bicyclic) bond motifs is 4. The summed E-state index contributed by atoms with van der Waals surface area (Å²) < 4.78 is 1.64. The zero-order chi connectivity index (χ0) is 20.8. The van der Waals surface area contributed by atoms with Crippen LogP contribution in [0.1, 0.15) is 10.4 Å². The maximum Gasteiger partial charge on any atom is 0.336 e. The SMILES string of the molecule is O=C(O)Cn1cc(-c2cc(C(=O)O)c3c(ccc4ccccc43)n2)c2ccccc21. The van der Waals surface area contributed by atoms with Gasteiger partial charge in [0.2, 0.25) is 0 Å². The van der Waals surface area contributed by atoms with Gasteiger partial charge in [0, 0.05) is 28.0 Å². The minimum atomic E-state index is -1.03. The minimum Gasteiger partial charge on any atom is -0.480 e. The minimum absolute atomic E-state index is 0.168. The fourth-order valence-corrected chi connectivity index (χ4v) is 4.04. The van der Waals surface area contributed by atoms with E-state index in [2.05, 4.69) is 0 Å². The number of carbonyl (C=O) groups is 2. The predicted molar refractivity (Wildman–Crippen MR) is 115 cm³/mol. The molecule has 0 unspecified atom stereocenters. The summed E-state index contributed by atoms with van der Waals surface area (Å²) in [4.78, 5) is 28.2. The zero-order valence-corrected chi connectivity index (χ0v) is 15.7. The first-order valence-electron chi connectivity index (χ1n) is 9.39. The number of benzene rings is 3. The number of carboxylic acids is 2. The third-order valence-corrected chi connectivity index (χ3v) is 5.30. The molecule has 0 aliphatic heterocycles. The highest BCUT2D eigenvalue weighted by atomic mass is 16.4. The Morgan fingerprint density at radius 2 is 1.63 bits per heavy atom. The topological polar surface area (TPSA) is 92.4 Å². The fourth-order valence-electron chi connectivity index (χ4n) is 4.04. The van der Waals surface area contributed by atoms with E-state index < -0.39 is 11.9 Å². The lowest BCUT2D eigenvalue weighted by Crippen LogP contribution is -2.07. The summed E-state index contributed by atoms with van der Waals surface area (Å²) in [5.74, 6) is -1.99. The average molecular weight is 396 g/mol. The number of pyridine rings is 1. The molecule has 0 bridgehead atoms. The highest BCUT2D eigenvalue weighted by Crippen LogP contribution is 2.34. The molecule has 5 aromatic rings. The van der Waals surface area contributed by atoms with Gasteiger partial charge in [-0.05, 0) is 29.0 Å². The molecule has 30 heavy (non-hydrogen) atoms. The Bertz CT molecular complexity index is 1480. The number of aliphatic carboxylic acids is 1. The van der Waals surface area contributed by atoms with Crippen LogP contribution >= 0.6 is 0 Å². The van der Waals surface area contributed by atoms with Crippen LogP contribution < -0.4 is 0 Å². The Kier molecular flexibility index (Phi) is 3.99. The summed E-state index contributed by atoms with van der Waals surface area (Å²) in [6, 6.07) is 20.4. The van der Waals surface area contributed by atoms with E-state index in [-0.39, 0.29) is 12.1 Å². The largest absolute Gasteiger partial charge is 0.480 e. The zero-order valence-electron chi connectivity index (χ0n) is 15.7. The quantitative estimate of drug-likeness (QED) is 0.426. The van der Waals surface area contributed by atoms with Gasteiger partial charge in [-0.3, -0.25) is 4.79 Å². The van der Waals surface area contributed by atoms with Gasteiger partial charge in [-0.2, -0.15) is 0 Å². The molecular weight excluding hydrogens is 380 g/mol. The summed E-state index contributed by atoms with van der Waals surface area (Å²) >= 11 is 0. The lowest BCUT2D eigenvalue weighted by Gasteiger charge is -2.09. The van der Waals surface area contributed by atoms with E-state index in [1.54, 1.807) is 16.8 Å². The van der Waals surface area contributed by atoms with E-state index in [4.69, 9.17) is 4.98 Å². The van der Waals surface area contributed by atoms with Crippen molar-refractivity contribution in [3.8, 4) is 11.3 Å². The van der Waals surface area contributed by atoms with Crippen molar-refractivity contribution in [1.29, 1.82) is 0 Å². The van der Waals surface area contributed by atoms with Crippen molar-refractivity contribution in [1.82, 2.24) is 9.55 Å². The summed E-state index contributed by atoms with van der Waals surface area (Å²) in [6.07, 6.45) is 1.72. The van der Waals surface area contributed by atoms with E-state index in [9.17, 15) is 19.8 Å². The maximum atomic E-state index is 12.1. The molecule has 0 amide bonds. The number of aromatic carboxylic acids is 1. The van der Waals surface area contributed by atoms with Gasteiger partial charge >= 0.3 is 11.9 Å². The smallest absolute Gasteiger partial charge is 0.336 e. The predicted octanol–water partition coefficient (Wildman–Crippen LogP) is 4.79. The van der Waals surface area contributed by atoms with Crippen molar-refractivity contribution in [2.45, 2.75) is 6.54 Å². The molecule has 3 aromatic carbocycles. The molecule has 0 radical (unpaired) electrons. The lowest BCUT2D eigenvalue weighted by atomic mass is 9.98.